The van der Waals surface area contributed by atoms with Gasteiger partial charge in [0.2, 0.25) is 17.8 Å². The second-order valence-electron chi connectivity index (χ2n) is 4.90. The van der Waals surface area contributed by atoms with Crippen molar-refractivity contribution in [2.24, 2.45) is 5.92 Å². The molecule has 0 saturated carbocycles. The van der Waals surface area contributed by atoms with E-state index in [4.69, 9.17) is 4.74 Å². The highest BCUT2D eigenvalue weighted by Crippen LogP contribution is 2.24. The molecule has 0 spiro atoms. The third-order valence-corrected chi connectivity index (χ3v) is 3.43. The number of amides is 2. The minimum Gasteiger partial charge on any atom is -0.495 e. The molecule has 0 radical (unpaired) electrons. The van der Waals surface area contributed by atoms with Gasteiger partial charge < -0.3 is 10.1 Å². The molecule has 114 valence electrons. The fourth-order valence-electron chi connectivity index (χ4n) is 2.33. The van der Waals surface area contributed by atoms with Gasteiger partial charge in [0.05, 0.1) is 25.3 Å². The number of benzene rings is 1. The predicted molar refractivity (Wildman–Crippen MR) is 78.4 cm³/mol. The minimum absolute atomic E-state index is 0.0587. The highest BCUT2D eigenvalue weighted by atomic mass is 16.5. The predicted octanol–water partition coefficient (Wildman–Crippen LogP) is 0.884. The first-order valence-corrected chi connectivity index (χ1v) is 6.79. The van der Waals surface area contributed by atoms with Crippen molar-refractivity contribution in [1.82, 2.24) is 14.8 Å². The quantitative estimate of drug-likeness (QED) is 0.873. The normalized spacial score (nSPS) is 16.6. The van der Waals surface area contributed by atoms with Gasteiger partial charge in [0, 0.05) is 6.42 Å². The average molecular weight is 301 g/mol. The minimum atomic E-state index is -0.482. The molecule has 2 N–H and O–H groups in total. The molecule has 2 amide bonds. The Morgan fingerprint density at radius 3 is 3.14 bits per heavy atom. The summed E-state index contributed by atoms with van der Waals surface area (Å²) in [7, 11) is 1.53. The van der Waals surface area contributed by atoms with Crippen LogP contribution in [-0.4, -0.2) is 33.7 Å². The van der Waals surface area contributed by atoms with Crippen molar-refractivity contribution in [1.29, 1.82) is 0 Å². The zero-order valence-electron chi connectivity index (χ0n) is 11.9. The van der Waals surface area contributed by atoms with E-state index in [0.29, 0.717) is 23.9 Å². The number of methoxy groups -OCH3 is 1. The number of nitrogens with one attached hydrogen (secondary N) is 2. The summed E-state index contributed by atoms with van der Waals surface area (Å²) in [5.74, 6) is 0.0155. The van der Waals surface area contributed by atoms with Crippen LogP contribution >= 0.6 is 0 Å². The molecule has 8 nitrogen and oxygen atoms in total. The van der Waals surface area contributed by atoms with Gasteiger partial charge in [0.1, 0.15) is 12.1 Å². The van der Waals surface area contributed by atoms with Gasteiger partial charge in [-0.2, -0.15) is 10.1 Å². The largest absolute Gasteiger partial charge is 0.495 e. The smallest absolute Gasteiger partial charge is 0.232 e. The van der Waals surface area contributed by atoms with Gasteiger partial charge in [-0.05, 0) is 12.1 Å². The molecular formula is C14H15N5O3. The first kappa shape index (κ1) is 14.1. The van der Waals surface area contributed by atoms with Crippen LogP contribution in [0, 0.1) is 5.92 Å². The van der Waals surface area contributed by atoms with Crippen LogP contribution < -0.4 is 15.4 Å². The molecule has 2 heterocycles. The standard InChI is InChI=1S/C14H15N5O3/c1-22-11-5-3-2-4-10(11)17-12(20)6-9-7-19-14(15-8-16-19)18-13(9)21/h2-5,8-9H,6-7H2,1H3,(H,17,20)(H,15,16,18,21)/t9-/m0/s1. The first-order chi connectivity index (χ1) is 10.7. The van der Waals surface area contributed by atoms with E-state index in [-0.39, 0.29) is 18.2 Å². The van der Waals surface area contributed by atoms with Crippen LogP contribution in [0.5, 0.6) is 5.75 Å². The highest BCUT2D eigenvalue weighted by molar-refractivity contribution is 5.98. The molecular weight excluding hydrogens is 286 g/mol. The lowest BCUT2D eigenvalue weighted by Gasteiger charge is -2.21. The molecule has 1 aromatic carbocycles. The van der Waals surface area contributed by atoms with E-state index in [2.05, 4.69) is 20.7 Å². The number of para-hydroxylation sites is 2. The van der Waals surface area contributed by atoms with Gasteiger partial charge in [-0.3, -0.25) is 14.9 Å². The Labute approximate surface area is 126 Å². The van der Waals surface area contributed by atoms with E-state index in [0.717, 1.165) is 0 Å². The van der Waals surface area contributed by atoms with Crippen molar-refractivity contribution in [3.63, 3.8) is 0 Å². The maximum atomic E-state index is 12.2. The maximum Gasteiger partial charge on any atom is 0.232 e. The Hall–Kier alpha value is -2.90. The molecule has 8 heteroatoms. The van der Waals surface area contributed by atoms with Crippen LogP contribution in [0.3, 0.4) is 0 Å². The van der Waals surface area contributed by atoms with Gasteiger partial charge in [0.15, 0.2) is 0 Å². The molecule has 1 aliphatic heterocycles. The lowest BCUT2D eigenvalue weighted by molar-refractivity contribution is -0.126. The summed E-state index contributed by atoms with van der Waals surface area (Å²) in [6.45, 7) is 0.334. The number of hydrogen-bond acceptors (Lipinski definition) is 5. The van der Waals surface area contributed by atoms with E-state index in [9.17, 15) is 9.59 Å². The lowest BCUT2D eigenvalue weighted by atomic mass is 10.0. The van der Waals surface area contributed by atoms with Crippen molar-refractivity contribution in [2.75, 3.05) is 17.7 Å². The van der Waals surface area contributed by atoms with Crippen molar-refractivity contribution < 1.29 is 14.3 Å². The molecule has 0 aliphatic carbocycles. The monoisotopic (exact) mass is 301 g/mol. The van der Waals surface area contributed by atoms with E-state index >= 15 is 0 Å². The van der Waals surface area contributed by atoms with Crippen LogP contribution in [0.25, 0.3) is 0 Å². The maximum absolute atomic E-state index is 12.2. The molecule has 0 bridgehead atoms. The van der Waals surface area contributed by atoms with Gasteiger partial charge >= 0.3 is 0 Å². The topological polar surface area (TPSA) is 98.1 Å². The molecule has 1 aromatic heterocycles. The number of nitrogens with zero attached hydrogens (tertiary/aromatic N) is 3. The summed E-state index contributed by atoms with van der Waals surface area (Å²) in [4.78, 5) is 28.0. The molecule has 1 aliphatic rings. The van der Waals surface area contributed by atoms with Crippen LogP contribution in [0.2, 0.25) is 0 Å². The first-order valence-electron chi connectivity index (χ1n) is 6.79. The molecule has 0 unspecified atom stereocenters. The molecule has 1 atom stereocenters. The Balaban J connectivity index is 1.66. The van der Waals surface area contributed by atoms with E-state index in [1.165, 1.54) is 13.4 Å². The van der Waals surface area contributed by atoms with Crippen molar-refractivity contribution in [2.45, 2.75) is 13.0 Å². The van der Waals surface area contributed by atoms with Crippen molar-refractivity contribution in [3.8, 4) is 5.75 Å². The van der Waals surface area contributed by atoms with Gasteiger partial charge in [-0.15, -0.1) is 0 Å². The molecule has 2 aromatic rings. The Morgan fingerprint density at radius 2 is 2.32 bits per heavy atom. The van der Waals surface area contributed by atoms with Crippen LogP contribution in [0.4, 0.5) is 11.6 Å². The molecule has 3 rings (SSSR count). The van der Waals surface area contributed by atoms with Crippen molar-refractivity contribution in [3.05, 3.63) is 30.6 Å². The number of hydrogen-bond donors (Lipinski definition) is 2. The number of anilines is 2. The van der Waals surface area contributed by atoms with Crippen LogP contribution in [0.15, 0.2) is 30.6 Å². The lowest BCUT2D eigenvalue weighted by Crippen LogP contribution is -2.36. The summed E-state index contributed by atoms with van der Waals surface area (Å²) in [5.41, 5.74) is 0.577. The summed E-state index contributed by atoms with van der Waals surface area (Å²) >= 11 is 0. The number of rotatable bonds is 4. The Bertz CT molecular complexity index is 712. The number of ether oxygens (including phenoxy) is 1. The van der Waals surface area contributed by atoms with E-state index < -0.39 is 5.92 Å². The summed E-state index contributed by atoms with van der Waals surface area (Å²) in [6.07, 6.45) is 1.43. The zero-order valence-corrected chi connectivity index (χ0v) is 11.9. The third-order valence-electron chi connectivity index (χ3n) is 3.43. The fourth-order valence-corrected chi connectivity index (χ4v) is 2.33. The highest BCUT2D eigenvalue weighted by Gasteiger charge is 2.29. The van der Waals surface area contributed by atoms with Crippen molar-refractivity contribution >= 4 is 23.5 Å². The summed E-state index contributed by atoms with van der Waals surface area (Å²) < 4.78 is 6.75. The van der Waals surface area contributed by atoms with E-state index in [1.807, 2.05) is 6.07 Å². The second kappa shape index (κ2) is 5.84. The zero-order chi connectivity index (χ0) is 15.5. The molecule has 0 fully saturated rings. The van der Waals surface area contributed by atoms with E-state index in [1.54, 1.807) is 22.9 Å². The molecule has 22 heavy (non-hydrogen) atoms. The summed E-state index contributed by atoms with van der Waals surface area (Å²) in [5, 5.41) is 9.38. The Morgan fingerprint density at radius 1 is 1.50 bits per heavy atom. The third kappa shape index (κ3) is 2.76. The Kier molecular flexibility index (Phi) is 3.73. The van der Waals surface area contributed by atoms with Gasteiger partial charge in [-0.1, -0.05) is 12.1 Å². The number of carbonyl (C=O) groups excluding carboxylic acids is 2. The second-order valence-corrected chi connectivity index (χ2v) is 4.90. The number of aromatic nitrogens is 3. The number of carbonyl (C=O) groups is 2. The van der Waals surface area contributed by atoms with Crippen LogP contribution in [-0.2, 0) is 16.1 Å². The van der Waals surface area contributed by atoms with Gasteiger partial charge in [0.25, 0.3) is 0 Å². The summed E-state index contributed by atoms with van der Waals surface area (Å²) in [6, 6.07) is 7.11. The van der Waals surface area contributed by atoms with Gasteiger partial charge in [-0.25, -0.2) is 4.68 Å². The number of fused-ring (bicyclic) bond motifs is 1. The SMILES string of the molecule is COc1ccccc1NC(=O)C[C@H]1Cn2ncnc2NC1=O. The average Bonchev–Trinajstić information content (AvgIpc) is 2.95. The molecule has 0 saturated heterocycles. The fraction of sp³-hybridized carbons (Fsp3) is 0.286. The van der Waals surface area contributed by atoms with Crippen LogP contribution in [0.1, 0.15) is 6.42 Å².